The number of hydrogen-bond donors (Lipinski definition) is 4. The number of aromatic nitrogens is 2. The van der Waals surface area contributed by atoms with Crippen LogP contribution in [0.1, 0.15) is 33.7 Å². The van der Waals surface area contributed by atoms with E-state index in [0.717, 1.165) is 38.2 Å². The number of carbonyl (C=O) groups is 2. The van der Waals surface area contributed by atoms with Crippen molar-refractivity contribution in [1.29, 1.82) is 0 Å². The summed E-state index contributed by atoms with van der Waals surface area (Å²) in [7, 11) is 1.69. The molecule has 1 saturated heterocycles. The van der Waals surface area contributed by atoms with Crippen LogP contribution in [0.25, 0.3) is 11.2 Å². The molecule has 3 heterocycles. The number of nitrogens with one attached hydrogen (secondary N) is 4. The molecule has 1 aliphatic rings. The van der Waals surface area contributed by atoms with Crippen molar-refractivity contribution in [1.82, 2.24) is 20.6 Å². The number of nitrogens with zero attached hydrogens (tertiary/aromatic N) is 2. The lowest BCUT2D eigenvalue weighted by atomic mass is 10.1. The van der Waals surface area contributed by atoms with Gasteiger partial charge in [-0.05, 0) is 24.1 Å². The fourth-order valence-corrected chi connectivity index (χ4v) is 3.63. The fourth-order valence-electron chi connectivity index (χ4n) is 3.63. The van der Waals surface area contributed by atoms with Gasteiger partial charge < -0.3 is 30.3 Å². The highest BCUT2D eigenvalue weighted by molar-refractivity contribution is 6.06. The van der Waals surface area contributed by atoms with E-state index >= 15 is 0 Å². The van der Waals surface area contributed by atoms with E-state index in [1.54, 1.807) is 7.05 Å². The van der Waals surface area contributed by atoms with Crippen LogP contribution in [0.5, 0.6) is 0 Å². The van der Waals surface area contributed by atoms with Crippen LogP contribution >= 0.6 is 0 Å². The summed E-state index contributed by atoms with van der Waals surface area (Å²) in [4.78, 5) is 33.5. The number of H-pyrrole nitrogens is 1. The van der Waals surface area contributed by atoms with Gasteiger partial charge in [0.25, 0.3) is 11.8 Å². The first-order valence-corrected chi connectivity index (χ1v) is 10.1. The summed E-state index contributed by atoms with van der Waals surface area (Å²) >= 11 is 0. The summed E-state index contributed by atoms with van der Waals surface area (Å²) in [5.41, 5.74) is 3.96. The predicted octanol–water partition coefficient (Wildman–Crippen LogP) is 1.78. The van der Waals surface area contributed by atoms with E-state index in [0.29, 0.717) is 29.2 Å². The molecule has 1 aliphatic heterocycles. The summed E-state index contributed by atoms with van der Waals surface area (Å²) in [6.07, 6.45) is 0.728. The number of oxazole rings is 1. The van der Waals surface area contributed by atoms with Gasteiger partial charge in [-0.25, -0.2) is 0 Å². The maximum Gasteiger partial charge on any atom is 0.270 e. The number of benzene rings is 1. The first kappa shape index (κ1) is 20.0. The minimum Gasteiger partial charge on any atom is -0.430 e. The van der Waals surface area contributed by atoms with E-state index < -0.39 is 0 Å². The SMILES string of the molecule is CNc1c(C(=O)NCCc2ccc(N3CCNCC3)cc2)[nH]c2nc(C(C)=O)oc12. The zero-order valence-corrected chi connectivity index (χ0v) is 17.2. The summed E-state index contributed by atoms with van der Waals surface area (Å²) < 4.78 is 5.47. The number of carbonyl (C=O) groups excluding carboxylic acids is 2. The molecule has 4 rings (SSSR count). The van der Waals surface area contributed by atoms with Crippen molar-refractivity contribution in [3.8, 4) is 0 Å². The molecule has 2 aromatic heterocycles. The largest absolute Gasteiger partial charge is 0.430 e. The number of amides is 1. The number of hydrogen-bond acceptors (Lipinski definition) is 7. The quantitative estimate of drug-likeness (QED) is 0.439. The third-order valence-electron chi connectivity index (χ3n) is 5.24. The average Bonchev–Trinajstić information content (AvgIpc) is 3.33. The van der Waals surface area contributed by atoms with Gasteiger partial charge >= 0.3 is 0 Å². The molecular formula is C21H26N6O3. The number of piperazine rings is 1. The molecule has 30 heavy (non-hydrogen) atoms. The molecule has 0 bridgehead atoms. The van der Waals surface area contributed by atoms with E-state index in [9.17, 15) is 9.59 Å². The monoisotopic (exact) mass is 410 g/mol. The second-order valence-corrected chi connectivity index (χ2v) is 7.29. The summed E-state index contributed by atoms with van der Waals surface area (Å²) in [6.45, 7) is 5.94. The van der Waals surface area contributed by atoms with Crippen molar-refractivity contribution in [3.05, 3.63) is 41.4 Å². The normalized spacial score (nSPS) is 14.1. The maximum atomic E-state index is 12.6. The first-order valence-electron chi connectivity index (χ1n) is 10.1. The van der Waals surface area contributed by atoms with Crippen LogP contribution in [0.2, 0.25) is 0 Å². The van der Waals surface area contributed by atoms with Crippen molar-refractivity contribution < 1.29 is 14.0 Å². The van der Waals surface area contributed by atoms with Gasteiger partial charge in [-0.15, -0.1) is 0 Å². The summed E-state index contributed by atoms with van der Waals surface area (Å²) in [5, 5.41) is 9.23. The van der Waals surface area contributed by atoms with Crippen LogP contribution in [0.15, 0.2) is 28.7 Å². The van der Waals surface area contributed by atoms with Gasteiger partial charge in [-0.1, -0.05) is 12.1 Å². The Balaban J connectivity index is 1.36. The summed E-state index contributed by atoms with van der Waals surface area (Å²) in [6, 6.07) is 8.49. The number of ketones is 1. The van der Waals surface area contributed by atoms with Crippen molar-refractivity contribution in [2.75, 3.05) is 50.0 Å². The molecule has 0 unspecified atom stereocenters. The molecule has 9 heteroatoms. The number of rotatable bonds is 7. The molecule has 1 fully saturated rings. The van der Waals surface area contributed by atoms with Crippen LogP contribution in [0.3, 0.4) is 0 Å². The summed E-state index contributed by atoms with van der Waals surface area (Å²) in [5.74, 6) is -0.506. The van der Waals surface area contributed by atoms with Gasteiger partial charge in [0.05, 0.1) is 0 Å². The van der Waals surface area contributed by atoms with E-state index in [-0.39, 0.29) is 17.6 Å². The van der Waals surface area contributed by atoms with Crippen molar-refractivity contribution in [2.45, 2.75) is 13.3 Å². The molecule has 158 valence electrons. The molecule has 0 aliphatic carbocycles. The first-order chi connectivity index (χ1) is 14.6. The molecule has 0 spiro atoms. The van der Waals surface area contributed by atoms with E-state index in [2.05, 4.69) is 55.1 Å². The Morgan fingerprint density at radius 2 is 1.93 bits per heavy atom. The predicted molar refractivity (Wildman–Crippen MR) is 115 cm³/mol. The Labute approximate surface area is 174 Å². The molecule has 1 aromatic carbocycles. The molecule has 9 nitrogen and oxygen atoms in total. The van der Waals surface area contributed by atoms with Crippen LogP contribution < -0.4 is 20.9 Å². The van der Waals surface area contributed by atoms with Crippen LogP contribution in [-0.2, 0) is 6.42 Å². The fraction of sp³-hybridized carbons (Fsp3) is 0.381. The van der Waals surface area contributed by atoms with Gasteiger partial charge in [-0.2, -0.15) is 4.98 Å². The smallest absolute Gasteiger partial charge is 0.270 e. The van der Waals surface area contributed by atoms with Gasteiger partial charge in [0.15, 0.2) is 11.2 Å². The number of fused-ring (bicyclic) bond motifs is 1. The lowest BCUT2D eigenvalue weighted by molar-refractivity contribution is 0.0949. The highest BCUT2D eigenvalue weighted by Gasteiger charge is 2.22. The zero-order valence-electron chi connectivity index (χ0n) is 17.2. The maximum absolute atomic E-state index is 12.6. The molecule has 0 radical (unpaired) electrons. The molecule has 0 saturated carbocycles. The highest BCUT2D eigenvalue weighted by atomic mass is 16.4. The van der Waals surface area contributed by atoms with Gasteiger partial charge in [0.1, 0.15) is 11.4 Å². The Hall–Kier alpha value is -3.33. The van der Waals surface area contributed by atoms with Crippen LogP contribution in [-0.4, -0.2) is 61.4 Å². The van der Waals surface area contributed by atoms with Gasteiger partial charge in [-0.3, -0.25) is 9.59 Å². The number of anilines is 2. The van der Waals surface area contributed by atoms with Crippen molar-refractivity contribution in [3.63, 3.8) is 0 Å². The Kier molecular flexibility index (Phi) is 5.71. The third kappa shape index (κ3) is 4.02. The highest BCUT2D eigenvalue weighted by Crippen LogP contribution is 2.28. The average molecular weight is 410 g/mol. The van der Waals surface area contributed by atoms with Crippen LogP contribution in [0.4, 0.5) is 11.4 Å². The number of Topliss-reactive ketones (excluding diaryl/α,β-unsaturated/α-hetero) is 1. The van der Waals surface area contributed by atoms with Crippen molar-refractivity contribution >= 4 is 34.3 Å². The topological polar surface area (TPSA) is 115 Å². The minimum absolute atomic E-state index is 0.0176. The molecule has 4 N–H and O–H groups in total. The molecule has 3 aromatic rings. The molecule has 0 atom stereocenters. The Bertz CT molecular complexity index is 1050. The zero-order chi connectivity index (χ0) is 21.1. The van der Waals surface area contributed by atoms with E-state index in [1.165, 1.54) is 12.6 Å². The van der Waals surface area contributed by atoms with E-state index in [1.807, 2.05) is 0 Å². The lowest BCUT2D eigenvalue weighted by Gasteiger charge is -2.29. The van der Waals surface area contributed by atoms with Crippen LogP contribution in [0, 0.1) is 0 Å². The third-order valence-corrected chi connectivity index (χ3v) is 5.24. The minimum atomic E-state index is -0.268. The van der Waals surface area contributed by atoms with Gasteiger partial charge in [0, 0.05) is 52.4 Å². The second kappa shape index (κ2) is 8.58. The lowest BCUT2D eigenvalue weighted by Crippen LogP contribution is -2.43. The number of aromatic amines is 1. The Morgan fingerprint density at radius 3 is 2.60 bits per heavy atom. The standard InChI is InChI=1S/C21H26N6O3/c1-13(28)21-26-19-18(30-21)16(22-2)17(25-19)20(29)24-8-7-14-3-5-15(6-4-14)27-11-9-23-10-12-27/h3-6,22-23,25H,7-12H2,1-2H3,(H,24,29). The molecular weight excluding hydrogens is 384 g/mol. The van der Waals surface area contributed by atoms with Crippen molar-refractivity contribution in [2.24, 2.45) is 0 Å². The molecule has 1 amide bonds. The Morgan fingerprint density at radius 1 is 1.20 bits per heavy atom. The van der Waals surface area contributed by atoms with Gasteiger partial charge in [0.2, 0.25) is 5.78 Å². The van der Waals surface area contributed by atoms with E-state index in [4.69, 9.17) is 4.42 Å². The second-order valence-electron chi connectivity index (χ2n) is 7.29.